The second-order valence-electron chi connectivity index (χ2n) is 6.78. The second kappa shape index (κ2) is 6.83. The van der Waals surface area contributed by atoms with Gasteiger partial charge >= 0.3 is 0 Å². The third-order valence-corrected chi connectivity index (χ3v) is 4.70. The molecule has 0 N–H and O–H groups in total. The molecule has 138 valence electrons. The fourth-order valence-corrected chi connectivity index (χ4v) is 3.17. The van der Waals surface area contributed by atoms with Gasteiger partial charge in [-0.1, -0.05) is 5.16 Å². The molecule has 1 aliphatic rings. The molecule has 1 fully saturated rings. The normalized spacial score (nSPS) is 16.8. The van der Waals surface area contributed by atoms with Crippen LogP contribution in [0, 0.1) is 5.82 Å². The van der Waals surface area contributed by atoms with Crippen LogP contribution in [-0.4, -0.2) is 36.7 Å². The van der Waals surface area contributed by atoms with Crippen molar-refractivity contribution in [3.63, 3.8) is 0 Å². The van der Waals surface area contributed by atoms with Crippen LogP contribution in [0.4, 0.5) is 15.8 Å². The number of anilines is 2. The molecule has 7 heteroatoms. The molecule has 0 bridgehead atoms. The standard InChI is InChI=1S/C20H19FN4O2/c1-24(2)16-7-3-13(4-8-16)20-22-19(23-27-20)14-11-18(26)25(12-14)17-9-5-15(21)6-10-17/h3-10,14H,11-12H2,1-2H3. The highest BCUT2D eigenvalue weighted by Crippen LogP contribution is 2.31. The summed E-state index contributed by atoms with van der Waals surface area (Å²) in [7, 11) is 3.95. The van der Waals surface area contributed by atoms with Crippen LogP contribution in [0.2, 0.25) is 0 Å². The van der Waals surface area contributed by atoms with E-state index in [1.54, 1.807) is 17.0 Å². The van der Waals surface area contributed by atoms with Gasteiger partial charge in [0.2, 0.25) is 5.91 Å². The van der Waals surface area contributed by atoms with Gasteiger partial charge in [0.1, 0.15) is 5.82 Å². The van der Waals surface area contributed by atoms with E-state index in [1.165, 1.54) is 12.1 Å². The van der Waals surface area contributed by atoms with E-state index in [0.717, 1.165) is 11.3 Å². The van der Waals surface area contributed by atoms with Crippen molar-refractivity contribution in [3.8, 4) is 11.5 Å². The van der Waals surface area contributed by atoms with Crippen LogP contribution < -0.4 is 9.80 Å². The topological polar surface area (TPSA) is 62.5 Å². The van der Waals surface area contributed by atoms with Crippen LogP contribution in [0.3, 0.4) is 0 Å². The number of aromatic nitrogens is 2. The van der Waals surface area contributed by atoms with Crippen LogP contribution in [0.5, 0.6) is 0 Å². The zero-order chi connectivity index (χ0) is 19.0. The van der Waals surface area contributed by atoms with Crippen LogP contribution in [-0.2, 0) is 4.79 Å². The number of hydrogen-bond acceptors (Lipinski definition) is 5. The number of benzene rings is 2. The highest BCUT2D eigenvalue weighted by atomic mass is 19.1. The Hall–Kier alpha value is -3.22. The van der Waals surface area contributed by atoms with Gasteiger partial charge in [-0.05, 0) is 48.5 Å². The van der Waals surface area contributed by atoms with E-state index in [1.807, 2.05) is 43.3 Å². The van der Waals surface area contributed by atoms with Crippen LogP contribution in [0.15, 0.2) is 53.1 Å². The number of nitrogens with zero attached hydrogens (tertiary/aromatic N) is 4. The van der Waals surface area contributed by atoms with Gasteiger partial charge in [0.15, 0.2) is 5.82 Å². The number of carbonyl (C=O) groups is 1. The van der Waals surface area contributed by atoms with E-state index in [4.69, 9.17) is 4.52 Å². The Morgan fingerprint density at radius 3 is 2.48 bits per heavy atom. The molecule has 1 aliphatic heterocycles. The molecule has 2 aromatic carbocycles. The number of halogens is 1. The summed E-state index contributed by atoms with van der Waals surface area (Å²) in [6.45, 7) is 0.447. The number of amides is 1. The maximum atomic E-state index is 13.1. The van der Waals surface area contributed by atoms with Gasteiger partial charge in [-0.25, -0.2) is 4.39 Å². The fourth-order valence-electron chi connectivity index (χ4n) is 3.17. The van der Waals surface area contributed by atoms with Gasteiger partial charge in [0, 0.05) is 49.9 Å². The number of carbonyl (C=O) groups excluding carboxylic acids is 1. The Bertz CT molecular complexity index is 951. The maximum Gasteiger partial charge on any atom is 0.257 e. The molecule has 0 spiro atoms. The van der Waals surface area contributed by atoms with Crippen LogP contribution in [0.25, 0.3) is 11.5 Å². The molecule has 4 rings (SSSR count). The molecule has 27 heavy (non-hydrogen) atoms. The smallest absolute Gasteiger partial charge is 0.257 e. The first-order chi connectivity index (χ1) is 13.0. The van der Waals surface area contributed by atoms with E-state index in [0.29, 0.717) is 30.4 Å². The van der Waals surface area contributed by atoms with Crippen molar-refractivity contribution in [3.05, 3.63) is 60.2 Å². The lowest BCUT2D eigenvalue weighted by Gasteiger charge is -2.15. The van der Waals surface area contributed by atoms with Crippen molar-refractivity contribution in [2.45, 2.75) is 12.3 Å². The first-order valence-electron chi connectivity index (χ1n) is 8.68. The van der Waals surface area contributed by atoms with Crippen molar-refractivity contribution in [2.24, 2.45) is 0 Å². The zero-order valence-corrected chi connectivity index (χ0v) is 15.1. The first-order valence-corrected chi connectivity index (χ1v) is 8.68. The Labute approximate surface area is 156 Å². The molecule has 1 unspecified atom stereocenters. The Morgan fingerprint density at radius 2 is 1.81 bits per heavy atom. The highest BCUT2D eigenvalue weighted by molar-refractivity contribution is 5.96. The maximum absolute atomic E-state index is 13.1. The van der Waals surface area contributed by atoms with Gasteiger partial charge in [-0.15, -0.1) is 0 Å². The average molecular weight is 366 g/mol. The minimum absolute atomic E-state index is 0.0340. The molecule has 0 saturated carbocycles. The number of hydrogen-bond donors (Lipinski definition) is 0. The third kappa shape index (κ3) is 3.40. The summed E-state index contributed by atoms with van der Waals surface area (Å²) in [5.41, 5.74) is 2.58. The molecule has 1 amide bonds. The summed E-state index contributed by atoms with van der Waals surface area (Å²) >= 11 is 0. The van der Waals surface area contributed by atoms with Gasteiger partial charge in [0.05, 0.1) is 0 Å². The Kier molecular flexibility index (Phi) is 4.35. The second-order valence-corrected chi connectivity index (χ2v) is 6.78. The predicted molar refractivity (Wildman–Crippen MR) is 100 cm³/mol. The Morgan fingerprint density at radius 1 is 1.11 bits per heavy atom. The lowest BCUT2D eigenvalue weighted by Crippen LogP contribution is -2.24. The zero-order valence-electron chi connectivity index (χ0n) is 15.1. The molecular formula is C20H19FN4O2. The van der Waals surface area contributed by atoms with Gasteiger partial charge in [-0.3, -0.25) is 4.79 Å². The van der Waals surface area contributed by atoms with E-state index < -0.39 is 0 Å². The third-order valence-electron chi connectivity index (χ3n) is 4.70. The van der Waals surface area contributed by atoms with Crippen molar-refractivity contribution in [1.82, 2.24) is 10.1 Å². The van der Waals surface area contributed by atoms with E-state index in [2.05, 4.69) is 10.1 Å². The van der Waals surface area contributed by atoms with Gasteiger partial charge < -0.3 is 14.3 Å². The van der Waals surface area contributed by atoms with Crippen molar-refractivity contribution in [2.75, 3.05) is 30.4 Å². The van der Waals surface area contributed by atoms with Crippen molar-refractivity contribution < 1.29 is 13.7 Å². The fraction of sp³-hybridized carbons (Fsp3) is 0.250. The quantitative estimate of drug-likeness (QED) is 0.708. The monoisotopic (exact) mass is 366 g/mol. The van der Waals surface area contributed by atoms with Gasteiger partial charge in [-0.2, -0.15) is 4.98 Å². The van der Waals surface area contributed by atoms with E-state index >= 15 is 0 Å². The molecule has 0 aliphatic carbocycles. The minimum Gasteiger partial charge on any atom is -0.378 e. The molecule has 3 aromatic rings. The van der Waals surface area contributed by atoms with E-state index in [-0.39, 0.29) is 17.6 Å². The SMILES string of the molecule is CN(C)c1ccc(-c2nc(C3CC(=O)N(c4ccc(F)cc4)C3)no2)cc1. The molecule has 6 nitrogen and oxygen atoms in total. The summed E-state index contributed by atoms with van der Waals surface area (Å²) in [6.07, 6.45) is 0.302. The summed E-state index contributed by atoms with van der Waals surface area (Å²) in [5, 5.41) is 4.07. The lowest BCUT2D eigenvalue weighted by atomic mass is 10.1. The molecule has 0 radical (unpaired) electrons. The molecular weight excluding hydrogens is 347 g/mol. The Balaban J connectivity index is 1.52. The summed E-state index contributed by atoms with van der Waals surface area (Å²) < 4.78 is 18.5. The first kappa shape index (κ1) is 17.2. The highest BCUT2D eigenvalue weighted by Gasteiger charge is 2.34. The minimum atomic E-state index is -0.329. The summed E-state index contributed by atoms with van der Waals surface area (Å²) in [4.78, 5) is 20.5. The number of rotatable bonds is 4. The van der Waals surface area contributed by atoms with Crippen molar-refractivity contribution >= 4 is 17.3 Å². The molecule has 1 aromatic heterocycles. The summed E-state index contributed by atoms with van der Waals surface area (Å²) in [6, 6.07) is 13.7. The molecule has 2 heterocycles. The predicted octanol–water partition coefficient (Wildman–Crippen LogP) is 3.46. The van der Waals surface area contributed by atoms with Crippen molar-refractivity contribution in [1.29, 1.82) is 0 Å². The van der Waals surface area contributed by atoms with Crippen LogP contribution >= 0.6 is 0 Å². The molecule has 1 atom stereocenters. The van der Waals surface area contributed by atoms with E-state index in [9.17, 15) is 9.18 Å². The lowest BCUT2D eigenvalue weighted by molar-refractivity contribution is -0.117. The molecule has 1 saturated heterocycles. The van der Waals surface area contributed by atoms with Crippen LogP contribution in [0.1, 0.15) is 18.2 Å². The average Bonchev–Trinajstić information content (AvgIpc) is 3.29. The van der Waals surface area contributed by atoms with Gasteiger partial charge in [0.25, 0.3) is 5.89 Å². The largest absolute Gasteiger partial charge is 0.378 e. The summed E-state index contributed by atoms with van der Waals surface area (Å²) in [5.74, 6) is 0.432.